The number of nitrogens with zero attached hydrogens (tertiary/aromatic N) is 6. The number of phosphoric acid groups is 3. The van der Waals surface area contributed by atoms with E-state index < -0.39 is 86.0 Å². The number of aliphatic hydroxyl groups is 2. The number of carbonyl (C=O) groups is 1. The van der Waals surface area contributed by atoms with Crippen molar-refractivity contribution in [3.63, 3.8) is 0 Å². The fraction of sp³-hybridized carbons (Fsp3) is 0.417. The summed E-state index contributed by atoms with van der Waals surface area (Å²) < 4.78 is 132. The van der Waals surface area contributed by atoms with Gasteiger partial charge in [-0.05, 0) is 95.7 Å². The molecule has 6 heterocycles. The van der Waals surface area contributed by atoms with Crippen molar-refractivity contribution in [3.05, 3.63) is 132 Å². The molecule has 0 spiro atoms. The summed E-state index contributed by atoms with van der Waals surface area (Å²) in [5.41, 5.74) is 12.7. The number of phosphoric ester groups is 1. The number of fused-ring (bicyclic) bond motifs is 4. The molecule has 2 aromatic heterocycles. The van der Waals surface area contributed by atoms with Gasteiger partial charge < -0.3 is 60.5 Å². The first-order valence-corrected chi connectivity index (χ1v) is 37.8. The molecule has 0 aliphatic carbocycles. The van der Waals surface area contributed by atoms with E-state index in [0.29, 0.717) is 73.5 Å². The minimum atomic E-state index is -5.85. The Kier molecular flexibility index (Phi) is 22.3. The van der Waals surface area contributed by atoms with Crippen molar-refractivity contribution in [2.75, 3.05) is 54.5 Å². The molecule has 0 saturated carbocycles. The third kappa shape index (κ3) is 17.6. The maximum absolute atomic E-state index is 13.5. The summed E-state index contributed by atoms with van der Waals surface area (Å²) in [5.74, 6) is 0.598. The molecule has 514 valence electrons. The fourth-order valence-electron chi connectivity index (χ4n) is 12.3. The number of nitrogens with two attached hydrogens (primary N) is 1. The van der Waals surface area contributed by atoms with Crippen LogP contribution in [0.5, 0.6) is 5.75 Å². The van der Waals surface area contributed by atoms with Gasteiger partial charge in [0.1, 0.15) is 42.7 Å². The number of unbranched alkanes of at least 4 members (excludes halogenated alkanes) is 3. The van der Waals surface area contributed by atoms with E-state index in [9.17, 15) is 64.4 Å². The largest absolute Gasteiger partial charge is 0.490 e. The van der Waals surface area contributed by atoms with Crippen LogP contribution in [0.15, 0.2) is 114 Å². The van der Waals surface area contributed by atoms with Crippen LogP contribution in [0.3, 0.4) is 0 Å². The number of likely N-dealkylation sites (N-methyl/N-ethyl adjacent to an activating group) is 1. The number of benzene rings is 3. The molecule has 3 aromatic carbocycles. The molecule has 9 rings (SSSR count). The smallest absolute Gasteiger partial charge is 0.456 e. The number of carbonyl (C=O) groups excluding carboxylic acids is 1. The zero-order valence-electron chi connectivity index (χ0n) is 52.4. The van der Waals surface area contributed by atoms with Crippen molar-refractivity contribution in [2.45, 2.75) is 126 Å². The Morgan fingerprint density at radius 2 is 1.59 bits per heavy atom. The fourth-order valence-corrected chi connectivity index (χ4v) is 16.3. The lowest BCUT2D eigenvalue weighted by Gasteiger charge is -2.43. The Morgan fingerprint density at radius 1 is 0.863 bits per heavy atom. The van der Waals surface area contributed by atoms with Gasteiger partial charge in [-0.1, -0.05) is 73.6 Å². The third-order valence-electron chi connectivity index (χ3n) is 16.5. The van der Waals surface area contributed by atoms with Gasteiger partial charge in [-0.2, -0.15) is 30.0 Å². The molecule has 1 amide bonds. The molecule has 5 aromatic rings. The maximum Gasteiger partial charge on any atom is 0.490 e. The molecule has 3 unspecified atom stereocenters. The van der Waals surface area contributed by atoms with E-state index in [1.54, 1.807) is 6.07 Å². The predicted molar refractivity (Wildman–Crippen MR) is 352 cm³/mol. The molecule has 4 aliphatic rings. The number of hydrogen-bond acceptors (Lipinski definition) is 21. The highest BCUT2D eigenvalue weighted by Gasteiger charge is 2.50. The lowest BCUT2D eigenvalue weighted by Crippen LogP contribution is -2.44. The van der Waals surface area contributed by atoms with Crippen LogP contribution < -0.4 is 26.0 Å². The summed E-state index contributed by atoms with van der Waals surface area (Å²) in [6, 6.07) is 18.3. The Bertz CT molecular complexity index is 4330. The average Bonchev–Trinajstić information content (AvgIpc) is 1.74. The molecule has 4 aliphatic heterocycles. The van der Waals surface area contributed by atoms with Crippen molar-refractivity contribution in [1.82, 2.24) is 24.8 Å². The SMILES string of the molecule is CCN1c2cc3c(cc2C(C)=CC1(C)C)C(=CC=CC=CC1=[N+](CCCS(=O)(=O)O)c2ccc(S(=O)(=O)O)cc2C1(C)CCCC(=O)NCCCCCCNc1nc2c(N)ncnc2n1[C@@H]1O[C@H](COP(=O)(O)OP(=O)(O)OP(=O)(O)O)[C@@H](O)[C@H]1O)C=C(c1ccccc1)O3. The molecule has 1 fully saturated rings. The molecule has 30 nitrogen and oxygen atoms in total. The molecule has 35 heteroatoms. The van der Waals surface area contributed by atoms with Crippen LogP contribution in [0, 0.1) is 0 Å². The van der Waals surface area contributed by atoms with Gasteiger partial charge in [0.15, 0.2) is 28.9 Å². The zero-order chi connectivity index (χ0) is 69.1. The van der Waals surface area contributed by atoms with E-state index in [1.165, 1.54) is 16.7 Å². The number of aromatic nitrogens is 4. The van der Waals surface area contributed by atoms with Crippen LogP contribution in [0.2, 0.25) is 0 Å². The summed E-state index contributed by atoms with van der Waals surface area (Å²) in [5, 5.41) is 28.1. The van der Waals surface area contributed by atoms with Crippen LogP contribution in [0.25, 0.3) is 28.1 Å². The van der Waals surface area contributed by atoms with Gasteiger partial charge in [0.25, 0.3) is 20.2 Å². The number of amides is 1. The number of nitrogens with one attached hydrogen (secondary N) is 2. The van der Waals surface area contributed by atoms with Crippen LogP contribution in [-0.4, -0.2) is 154 Å². The second-order valence-electron chi connectivity index (χ2n) is 23.8. The van der Waals surface area contributed by atoms with Gasteiger partial charge in [0.2, 0.25) is 17.5 Å². The Hall–Kier alpha value is -6.64. The number of rotatable bonds is 30. The first kappa shape index (κ1) is 72.6. The van der Waals surface area contributed by atoms with Crippen LogP contribution >= 0.6 is 23.5 Å². The maximum atomic E-state index is 13.5. The number of hydrogen-bond donors (Lipinski definition) is 11. The van der Waals surface area contributed by atoms with Crippen LogP contribution in [0.1, 0.15) is 114 Å². The molecular weight excluding hydrogens is 1340 g/mol. The summed E-state index contributed by atoms with van der Waals surface area (Å²) in [4.78, 5) is 65.2. The lowest BCUT2D eigenvalue weighted by atomic mass is 9.75. The molecule has 0 radical (unpaired) electrons. The minimum Gasteiger partial charge on any atom is -0.456 e. The average molecular weight is 1420 g/mol. The first-order chi connectivity index (χ1) is 44.6. The number of anilines is 3. The van der Waals surface area contributed by atoms with E-state index in [4.69, 9.17) is 25.0 Å². The minimum absolute atomic E-state index is 0.00272. The summed E-state index contributed by atoms with van der Waals surface area (Å²) in [7, 11) is -26.2. The van der Waals surface area contributed by atoms with E-state index in [0.717, 1.165) is 46.4 Å². The van der Waals surface area contributed by atoms with Gasteiger partial charge in [-0.15, -0.1) is 0 Å². The topological polar surface area (TPSA) is 444 Å². The molecule has 7 atom stereocenters. The molecule has 1 saturated heterocycles. The highest BCUT2D eigenvalue weighted by molar-refractivity contribution is 7.86. The first-order valence-electron chi connectivity index (χ1n) is 30.3. The summed E-state index contributed by atoms with van der Waals surface area (Å²) >= 11 is 0. The quantitative estimate of drug-likeness (QED) is 0.00684. The van der Waals surface area contributed by atoms with Gasteiger partial charge >= 0.3 is 23.5 Å². The van der Waals surface area contributed by atoms with Crippen molar-refractivity contribution in [3.8, 4) is 5.75 Å². The van der Waals surface area contributed by atoms with Crippen LogP contribution in [-0.2, 0) is 62.0 Å². The zero-order valence-corrected chi connectivity index (χ0v) is 56.7. The van der Waals surface area contributed by atoms with Crippen LogP contribution in [0.4, 0.5) is 23.1 Å². The second kappa shape index (κ2) is 29.2. The van der Waals surface area contributed by atoms with E-state index in [2.05, 4.69) is 89.5 Å². The number of nitrogen functional groups attached to an aromatic ring is 1. The van der Waals surface area contributed by atoms with Gasteiger partial charge in [0.05, 0.1) is 28.2 Å². The molecule has 0 bridgehead atoms. The highest BCUT2D eigenvalue weighted by Crippen LogP contribution is 2.66. The van der Waals surface area contributed by atoms with Crippen molar-refractivity contribution in [1.29, 1.82) is 0 Å². The second-order valence-corrected chi connectivity index (χ2v) is 31.2. The standard InChI is InChI=1S/C60H76N9O21P3S2/c1-6-68-46-34-48-43(33-42(46)38(2)35-59(68,3)4)40(31-47(87-48)39-19-11-9-12-20-39)21-13-10-14-22-50-60(5,44-32-41(95(83,84)85)24-25-45(44)67(50)29-18-30-94(80,81)82)26-17-23-51(70)62-27-15-7-8-16-28-63-58-66-52-55(61)64-37-65-56(52)69(58)57-54(72)53(71)49(88-57)36-86-92(76,77)90-93(78,79)89-91(73,74)75/h9-14,19-22,24-25,31-35,37,49,53-54,57,71-72H,6-8,15-18,23,26-30,36H2,1-5H3,(H9-,61,62,63,64,65,66,70,73,74,75,76,77,78,79,80,81,82,83,84,85)/p+1/t49-,53-,54-,57-,60?/m1/s1. The lowest BCUT2D eigenvalue weighted by molar-refractivity contribution is -0.437. The molecule has 12 N–H and O–H groups in total. The van der Waals surface area contributed by atoms with Gasteiger partial charge in [-0.3, -0.25) is 23.0 Å². The number of allylic oxidation sites excluding steroid dienone is 8. The molecular formula is C60H77N9O21P3S2+. The van der Waals surface area contributed by atoms with E-state index in [-0.39, 0.29) is 65.2 Å². The Labute approximate surface area is 548 Å². The number of aliphatic hydroxyl groups excluding tert-OH is 2. The van der Waals surface area contributed by atoms with Gasteiger partial charge in [0, 0.05) is 78.6 Å². The third-order valence-corrected chi connectivity index (χ3v) is 22.0. The Morgan fingerprint density at radius 3 is 2.28 bits per heavy atom. The summed E-state index contributed by atoms with van der Waals surface area (Å²) in [6.07, 6.45) is 11.3. The Balaban J connectivity index is 0.842. The van der Waals surface area contributed by atoms with Crippen molar-refractivity contribution in [2.24, 2.45) is 0 Å². The van der Waals surface area contributed by atoms with Crippen molar-refractivity contribution < 1.29 is 101 Å². The number of imidazole rings is 1. The predicted octanol–water partition coefficient (Wildman–Crippen LogP) is 7.86. The summed E-state index contributed by atoms with van der Waals surface area (Å²) in [6.45, 7) is 11.0. The molecule has 95 heavy (non-hydrogen) atoms. The normalized spacial score (nSPS) is 22.1. The monoisotopic (exact) mass is 1420 g/mol. The number of ether oxygens (including phenoxy) is 2. The van der Waals surface area contributed by atoms with Crippen molar-refractivity contribution >= 4 is 107 Å². The van der Waals surface area contributed by atoms with E-state index in [1.807, 2.05) is 78.3 Å². The highest BCUT2D eigenvalue weighted by atomic mass is 32.2. The van der Waals surface area contributed by atoms with E-state index >= 15 is 0 Å². The van der Waals surface area contributed by atoms with Gasteiger partial charge in [-0.25, -0.2) is 28.6 Å².